The zero-order chi connectivity index (χ0) is 18.5. The van der Waals surface area contributed by atoms with Crippen LogP contribution in [0.25, 0.3) is 0 Å². The molecule has 1 unspecified atom stereocenters. The van der Waals surface area contributed by atoms with Crippen LogP contribution in [0.4, 0.5) is 10.5 Å². The highest BCUT2D eigenvalue weighted by Gasteiger charge is 2.28. The summed E-state index contributed by atoms with van der Waals surface area (Å²) >= 11 is 0. The van der Waals surface area contributed by atoms with Gasteiger partial charge in [0.1, 0.15) is 0 Å². The third-order valence-electron chi connectivity index (χ3n) is 5.07. The third-order valence-corrected chi connectivity index (χ3v) is 5.07. The van der Waals surface area contributed by atoms with Crippen LogP contribution in [0.1, 0.15) is 25.3 Å². The third kappa shape index (κ3) is 4.15. The van der Waals surface area contributed by atoms with Crippen molar-refractivity contribution in [2.75, 3.05) is 38.0 Å². The van der Waals surface area contributed by atoms with Gasteiger partial charge >= 0.3 is 6.03 Å². The van der Waals surface area contributed by atoms with Crippen LogP contribution in [0, 0.1) is 5.92 Å². The maximum absolute atomic E-state index is 12.5. The summed E-state index contributed by atoms with van der Waals surface area (Å²) in [5.74, 6) is -0.102. The Morgan fingerprint density at radius 3 is 2.58 bits per heavy atom. The standard InChI is InChI=1S/C19H26N4O3/c1-2-20-19(26)23-11-9-22(10-12-23)17(24)8-7-15-13-14-5-3-4-6-16(14)21-18(15)25/h3-6,15H,2,7-13H2,1H3,(H,20,26)(H,21,25). The fourth-order valence-corrected chi connectivity index (χ4v) is 3.52. The second-order valence-electron chi connectivity index (χ2n) is 6.79. The van der Waals surface area contributed by atoms with Gasteiger partial charge in [-0.2, -0.15) is 0 Å². The van der Waals surface area contributed by atoms with Gasteiger partial charge in [0.15, 0.2) is 0 Å². The van der Waals surface area contributed by atoms with E-state index in [1.165, 1.54) is 0 Å². The molecular weight excluding hydrogens is 332 g/mol. The van der Waals surface area contributed by atoms with E-state index in [0.29, 0.717) is 52.0 Å². The van der Waals surface area contributed by atoms with E-state index >= 15 is 0 Å². The number of nitrogens with one attached hydrogen (secondary N) is 2. The molecule has 2 aliphatic rings. The molecule has 2 heterocycles. The maximum Gasteiger partial charge on any atom is 0.317 e. The molecule has 1 saturated heterocycles. The number of hydrogen-bond acceptors (Lipinski definition) is 3. The Labute approximate surface area is 153 Å². The van der Waals surface area contributed by atoms with Gasteiger partial charge in [-0.15, -0.1) is 0 Å². The number of rotatable bonds is 4. The summed E-state index contributed by atoms with van der Waals surface area (Å²) in [6.45, 7) is 4.69. The molecule has 3 rings (SSSR count). The van der Waals surface area contributed by atoms with E-state index in [1.807, 2.05) is 31.2 Å². The van der Waals surface area contributed by atoms with Crippen molar-refractivity contribution in [3.63, 3.8) is 0 Å². The van der Waals surface area contributed by atoms with Crippen molar-refractivity contribution in [1.29, 1.82) is 0 Å². The molecule has 1 aromatic carbocycles. The summed E-state index contributed by atoms with van der Waals surface area (Å²) in [6.07, 6.45) is 1.59. The topological polar surface area (TPSA) is 81.8 Å². The number of piperazine rings is 1. The molecule has 140 valence electrons. The second-order valence-corrected chi connectivity index (χ2v) is 6.79. The predicted molar refractivity (Wildman–Crippen MR) is 98.7 cm³/mol. The number of anilines is 1. The summed E-state index contributed by atoms with van der Waals surface area (Å²) in [5.41, 5.74) is 2.00. The number of para-hydroxylation sites is 1. The number of urea groups is 1. The van der Waals surface area contributed by atoms with Gasteiger partial charge in [-0.3, -0.25) is 9.59 Å². The van der Waals surface area contributed by atoms with Crippen molar-refractivity contribution in [3.8, 4) is 0 Å². The fraction of sp³-hybridized carbons (Fsp3) is 0.526. The van der Waals surface area contributed by atoms with Gasteiger partial charge in [0.25, 0.3) is 0 Å². The van der Waals surface area contributed by atoms with Crippen LogP contribution < -0.4 is 10.6 Å². The second kappa shape index (κ2) is 8.21. The molecule has 0 radical (unpaired) electrons. The minimum Gasteiger partial charge on any atom is -0.339 e. The van der Waals surface area contributed by atoms with Gasteiger partial charge < -0.3 is 20.4 Å². The first-order chi connectivity index (χ1) is 12.6. The van der Waals surface area contributed by atoms with Crippen LogP contribution in [-0.2, 0) is 16.0 Å². The normalized spacial score (nSPS) is 19.6. The Kier molecular flexibility index (Phi) is 5.75. The van der Waals surface area contributed by atoms with E-state index in [2.05, 4.69) is 10.6 Å². The molecule has 0 saturated carbocycles. The first kappa shape index (κ1) is 18.2. The summed E-state index contributed by atoms with van der Waals surface area (Å²) in [6, 6.07) is 7.72. The SMILES string of the molecule is CCNC(=O)N1CCN(C(=O)CCC2Cc3ccccc3NC2=O)CC1. The highest BCUT2D eigenvalue weighted by Crippen LogP contribution is 2.27. The van der Waals surface area contributed by atoms with E-state index in [9.17, 15) is 14.4 Å². The molecule has 2 N–H and O–H groups in total. The van der Waals surface area contributed by atoms with Crippen molar-refractivity contribution in [3.05, 3.63) is 29.8 Å². The lowest BCUT2D eigenvalue weighted by molar-refractivity contribution is -0.133. The van der Waals surface area contributed by atoms with Crippen molar-refractivity contribution in [2.24, 2.45) is 5.92 Å². The summed E-state index contributed by atoms with van der Waals surface area (Å²) in [5, 5.41) is 5.71. The lowest BCUT2D eigenvalue weighted by Crippen LogP contribution is -2.53. The lowest BCUT2D eigenvalue weighted by atomic mass is 9.89. The van der Waals surface area contributed by atoms with Crippen molar-refractivity contribution >= 4 is 23.5 Å². The van der Waals surface area contributed by atoms with Gasteiger partial charge in [0.2, 0.25) is 11.8 Å². The first-order valence-electron chi connectivity index (χ1n) is 9.27. The number of fused-ring (bicyclic) bond motifs is 1. The van der Waals surface area contributed by atoms with Crippen LogP contribution in [-0.4, -0.2) is 60.4 Å². The Hall–Kier alpha value is -2.57. The molecule has 4 amide bonds. The molecule has 1 fully saturated rings. The fourth-order valence-electron chi connectivity index (χ4n) is 3.52. The van der Waals surface area contributed by atoms with Crippen molar-refractivity contribution < 1.29 is 14.4 Å². The molecule has 1 aromatic rings. The molecular formula is C19H26N4O3. The predicted octanol–water partition coefficient (Wildman–Crippen LogP) is 1.45. The molecule has 7 nitrogen and oxygen atoms in total. The number of carbonyl (C=O) groups excluding carboxylic acids is 3. The van der Waals surface area contributed by atoms with Crippen LogP contribution >= 0.6 is 0 Å². The number of nitrogens with zero attached hydrogens (tertiary/aromatic N) is 2. The Bertz CT molecular complexity index is 683. The average molecular weight is 358 g/mol. The Morgan fingerprint density at radius 1 is 1.15 bits per heavy atom. The Balaban J connectivity index is 1.46. The maximum atomic E-state index is 12.5. The molecule has 2 aliphatic heterocycles. The number of amides is 4. The molecule has 0 spiro atoms. The van der Waals surface area contributed by atoms with Gasteiger partial charge in [-0.1, -0.05) is 18.2 Å². The molecule has 0 bridgehead atoms. The molecule has 7 heteroatoms. The van der Waals surface area contributed by atoms with Crippen LogP contribution in [0.2, 0.25) is 0 Å². The van der Waals surface area contributed by atoms with Crippen LogP contribution in [0.15, 0.2) is 24.3 Å². The number of benzene rings is 1. The first-order valence-corrected chi connectivity index (χ1v) is 9.27. The largest absolute Gasteiger partial charge is 0.339 e. The average Bonchev–Trinajstić information content (AvgIpc) is 2.66. The highest BCUT2D eigenvalue weighted by atomic mass is 16.2. The summed E-state index contributed by atoms with van der Waals surface area (Å²) < 4.78 is 0. The summed E-state index contributed by atoms with van der Waals surface area (Å²) in [7, 11) is 0. The molecule has 26 heavy (non-hydrogen) atoms. The van der Waals surface area contributed by atoms with E-state index < -0.39 is 0 Å². The summed E-state index contributed by atoms with van der Waals surface area (Å²) in [4.78, 5) is 40.1. The Morgan fingerprint density at radius 2 is 1.85 bits per heavy atom. The van der Waals surface area contributed by atoms with E-state index in [0.717, 1.165) is 11.3 Å². The monoisotopic (exact) mass is 358 g/mol. The molecule has 0 aliphatic carbocycles. The minimum atomic E-state index is -0.162. The van der Waals surface area contributed by atoms with E-state index in [4.69, 9.17) is 0 Å². The van der Waals surface area contributed by atoms with Crippen molar-refractivity contribution in [2.45, 2.75) is 26.2 Å². The van der Waals surface area contributed by atoms with Crippen LogP contribution in [0.5, 0.6) is 0 Å². The molecule has 0 aromatic heterocycles. The smallest absolute Gasteiger partial charge is 0.317 e. The van der Waals surface area contributed by atoms with E-state index in [-0.39, 0.29) is 23.8 Å². The van der Waals surface area contributed by atoms with Crippen molar-refractivity contribution in [1.82, 2.24) is 15.1 Å². The molecule has 1 atom stereocenters. The quantitative estimate of drug-likeness (QED) is 0.855. The van der Waals surface area contributed by atoms with Gasteiger partial charge in [0, 0.05) is 50.7 Å². The van der Waals surface area contributed by atoms with Gasteiger partial charge in [-0.25, -0.2) is 4.79 Å². The lowest BCUT2D eigenvalue weighted by Gasteiger charge is -2.35. The van der Waals surface area contributed by atoms with Crippen LogP contribution in [0.3, 0.4) is 0 Å². The van der Waals surface area contributed by atoms with Gasteiger partial charge in [-0.05, 0) is 31.4 Å². The number of carbonyl (C=O) groups is 3. The number of hydrogen-bond donors (Lipinski definition) is 2. The highest BCUT2D eigenvalue weighted by molar-refractivity contribution is 5.96. The minimum absolute atomic E-state index is 0.00226. The van der Waals surface area contributed by atoms with Gasteiger partial charge in [0.05, 0.1) is 0 Å². The zero-order valence-electron chi connectivity index (χ0n) is 15.2. The van der Waals surface area contributed by atoms with E-state index in [1.54, 1.807) is 9.80 Å². The zero-order valence-corrected chi connectivity index (χ0v) is 15.2.